The number of rotatable bonds is 6. The van der Waals surface area contributed by atoms with E-state index >= 15 is 0 Å². The molecule has 0 fully saturated rings. The predicted octanol–water partition coefficient (Wildman–Crippen LogP) is 4.42. The van der Waals surface area contributed by atoms with E-state index in [1.54, 1.807) is 0 Å². The number of pyridine rings is 1. The van der Waals surface area contributed by atoms with Crippen LogP contribution in [0.25, 0.3) is 11.2 Å². The normalized spacial score (nSPS) is 11.5. The topological polar surface area (TPSA) is 85.7 Å². The van der Waals surface area contributed by atoms with E-state index in [0.29, 0.717) is 35.5 Å². The highest BCUT2D eigenvalue weighted by molar-refractivity contribution is 5.81. The van der Waals surface area contributed by atoms with Gasteiger partial charge in [0, 0.05) is 37.3 Å². The van der Waals surface area contributed by atoms with Crippen LogP contribution >= 0.6 is 0 Å². The van der Waals surface area contributed by atoms with Gasteiger partial charge in [-0.15, -0.1) is 0 Å². The molecule has 31 heavy (non-hydrogen) atoms. The fraction of sp³-hybridized carbons (Fsp3) is 0.150. The number of ether oxygens (including phenoxy) is 1. The van der Waals surface area contributed by atoms with Crippen molar-refractivity contribution in [2.24, 2.45) is 0 Å². The second-order valence-corrected chi connectivity index (χ2v) is 6.36. The van der Waals surface area contributed by atoms with Crippen LogP contribution in [-0.2, 0) is 12.6 Å². The number of aromatic nitrogens is 5. The van der Waals surface area contributed by atoms with Crippen LogP contribution in [0, 0.1) is 5.82 Å². The van der Waals surface area contributed by atoms with Crippen molar-refractivity contribution in [3.63, 3.8) is 0 Å². The molecular weight excluding hydrogens is 416 g/mol. The average molecular weight is 430 g/mol. The van der Waals surface area contributed by atoms with Gasteiger partial charge in [0.15, 0.2) is 11.5 Å². The molecule has 0 spiro atoms. The monoisotopic (exact) mass is 430 g/mol. The lowest BCUT2D eigenvalue weighted by atomic mass is 10.1. The van der Waals surface area contributed by atoms with Gasteiger partial charge in [-0.3, -0.25) is 0 Å². The molecule has 4 aromatic rings. The van der Waals surface area contributed by atoms with E-state index < -0.39 is 17.6 Å². The zero-order chi connectivity index (χ0) is 21.8. The van der Waals surface area contributed by atoms with Crippen molar-refractivity contribution in [3.05, 3.63) is 72.2 Å². The highest BCUT2D eigenvalue weighted by Crippen LogP contribution is 2.31. The van der Waals surface area contributed by atoms with E-state index in [2.05, 4.69) is 30.2 Å². The van der Waals surface area contributed by atoms with E-state index in [0.717, 1.165) is 24.4 Å². The first kappa shape index (κ1) is 20.4. The summed E-state index contributed by atoms with van der Waals surface area (Å²) in [4.78, 5) is 20.1. The van der Waals surface area contributed by atoms with Crippen LogP contribution in [0.2, 0.25) is 0 Å². The number of hydrogen-bond acceptors (Lipinski definition) is 7. The molecule has 0 aliphatic rings. The maximum atomic E-state index is 14.4. The minimum Gasteiger partial charge on any atom is -0.439 e. The van der Waals surface area contributed by atoms with Crippen molar-refractivity contribution < 1.29 is 22.3 Å². The molecule has 1 aromatic carbocycles. The number of hydrogen-bond donors (Lipinski definition) is 1. The lowest BCUT2D eigenvalue weighted by Gasteiger charge is -2.11. The molecule has 0 saturated heterocycles. The number of halogens is 4. The molecule has 3 heterocycles. The van der Waals surface area contributed by atoms with E-state index in [-0.39, 0.29) is 11.6 Å². The minimum absolute atomic E-state index is 0.0399. The Morgan fingerprint density at radius 1 is 0.903 bits per heavy atom. The number of nitrogens with one attached hydrogen (secondary N) is 1. The Hall–Kier alpha value is -3.89. The van der Waals surface area contributed by atoms with Gasteiger partial charge in [-0.05, 0) is 24.1 Å². The molecule has 0 amide bonds. The predicted molar refractivity (Wildman–Crippen MR) is 103 cm³/mol. The minimum atomic E-state index is -4.52. The second kappa shape index (κ2) is 8.46. The quantitative estimate of drug-likeness (QED) is 0.453. The molecule has 158 valence electrons. The zero-order valence-electron chi connectivity index (χ0n) is 15.8. The first-order valence-corrected chi connectivity index (χ1v) is 9.05. The van der Waals surface area contributed by atoms with Gasteiger partial charge in [0.05, 0.1) is 5.56 Å². The molecule has 0 aliphatic heterocycles. The SMILES string of the molecule is Fc1cc(Oc2cc(C(F)(F)F)ccn2)ccc1CCNc1ncnc2nccnc12. The van der Waals surface area contributed by atoms with Gasteiger partial charge in [-0.2, -0.15) is 13.2 Å². The van der Waals surface area contributed by atoms with Crippen LogP contribution in [0.5, 0.6) is 11.6 Å². The van der Waals surface area contributed by atoms with Crippen molar-refractivity contribution in [3.8, 4) is 11.6 Å². The summed E-state index contributed by atoms with van der Waals surface area (Å²) < 4.78 is 58.1. The van der Waals surface area contributed by atoms with Crippen molar-refractivity contribution in [2.45, 2.75) is 12.6 Å². The van der Waals surface area contributed by atoms with Gasteiger partial charge < -0.3 is 10.1 Å². The molecule has 0 atom stereocenters. The molecule has 11 heteroatoms. The van der Waals surface area contributed by atoms with Gasteiger partial charge in [0.1, 0.15) is 23.4 Å². The van der Waals surface area contributed by atoms with E-state index in [4.69, 9.17) is 4.74 Å². The maximum Gasteiger partial charge on any atom is 0.416 e. The van der Waals surface area contributed by atoms with Crippen LogP contribution in [0.15, 0.2) is 55.2 Å². The lowest BCUT2D eigenvalue weighted by Crippen LogP contribution is -2.09. The molecule has 1 N–H and O–H groups in total. The number of fused-ring (bicyclic) bond motifs is 1. The molecule has 0 unspecified atom stereocenters. The van der Waals surface area contributed by atoms with Gasteiger partial charge in [0.25, 0.3) is 0 Å². The van der Waals surface area contributed by atoms with Crippen LogP contribution in [0.1, 0.15) is 11.1 Å². The van der Waals surface area contributed by atoms with Crippen molar-refractivity contribution in [1.82, 2.24) is 24.9 Å². The molecule has 0 saturated carbocycles. The third kappa shape index (κ3) is 4.82. The Morgan fingerprint density at radius 2 is 1.74 bits per heavy atom. The van der Waals surface area contributed by atoms with Crippen molar-refractivity contribution >= 4 is 17.0 Å². The van der Waals surface area contributed by atoms with Gasteiger partial charge in [-0.25, -0.2) is 29.3 Å². The summed E-state index contributed by atoms with van der Waals surface area (Å²) in [6.07, 6.45) is 1.18. The summed E-state index contributed by atoms with van der Waals surface area (Å²) in [5, 5.41) is 3.07. The number of benzene rings is 1. The van der Waals surface area contributed by atoms with Crippen molar-refractivity contribution in [2.75, 3.05) is 11.9 Å². The zero-order valence-corrected chi connectivity index (χ0v) is 15.8. The first-order valence-electron chi connectivity index (χ1n) is 9.05. The highest BCUT2D eigenvalue weighted by Gasteiger charge is 2.31. The molecule has 3 aromatic heterocycles. The number of anilines is 1. The van der Waals surface area contributed by atoms with Gasteiger partial charge in [-0.1, -0.05) is 6.07 Å². The van der Waals surface area contributed by atoms with E-state index in [1.807, 2.05) is 0 Å². The molecule has 0 bridgehead atoms. The largest absolute Gasteiger partial charge is 0.439 e. The fourth-order valence-electron chi connectivity index (χ4n) is 2.80. The van der Waals surface area contributed by atoms with Crippen LogP contribution in [0.4, 0.5) is 23.4 Å². The number of alkyl halides is 3. The summed E-state index contributed by atoms with van der Waals surface area (Å²) in [7, 11) is 0. The summed E-state index contributed by atoms with van der Waals surface area (Å²) in [5.74, 6) is -0.314. The molecule has 4 rings (SSSR count). The van der Waals surface area contributed by atoms with E-state index in [1.165, 1.54) is 30.9 Å². The summed E-state index contributed by atoms with van der Waals surface area (Å²) in [6.45, 7) is 0.356. The van der Waals surface area contributed by atoms with E-state index in [9.17, 15) is 17.6 Å². The second-order valence-electron chi connectivity index (χ2n) is 6.36. The Bertz CT molecular complexity index is 1210. The fourth-order valence-corrected chi connectivity index (χ4v) is 2.80. The Labute approximate surface area is 173 Å². The molecule has 7 nitrogen and oxygen atoms in total. The summed E-state index contributed by atoms with van der Waals surface area (Å²) in [5.41, 5.74) is 0.433. The van der Waals surface area contributed by atoms with Crippen LogP contribution < -0.4 is 10.1 Å². The third-order valence-electron chi connectivity index (χ3n) is 4.27. The van der Waals surface area contributed by atoms with Gasteiger partial charge in [0.2, 0.25) is 5.88 Å². The van der Waals surface area contributed by atoms with Gasteiger partial charge >= 0.3 is 6.18 Å². The van der Waals surface area contributed by atoms with Crippen molar-refractivity contribution in [1.29, 1.82) is 0 Å². The Kier molecular flexibility index (Phi) is 5.56. The van der Waals surface area contributed by atoms with Crippen LogP contribution in [0.3, 0.4) is 0 Å². The van der Waals surface area contributed by atoms with Crippen LogP contribution in [-0.4, -0.2) is 31.5 Å². The Morgan fingerprint density at radius 3 is 2.55 bits per heavy atom. The lowest BCUT2D eigenvalue weighted by molar-refractivity contribution is -0.137. The molecular formula is C20H14F4N6O. The molecule has 0 aliphatic carbocycles. The molecule has 0 radical (unpaired) electrons. The smallest absolute Gasteiger partial charge is 0.416 e. The third-order valence-corrected chi connectivity index (χ3v) is 4.27. The Balaban J connectivity index is 1.41. The first-order chi connectivity index (χ1) is 14.9. The number of nitrogens with zero attached hydrogens (tertiary/aromatic N) is 5. The average Bonchev–Trinajstić information content (AvgIpc) is 2.75. The standard InChI is InChI=1S/C20H14F4N6O/c21-15-10-14(31-16-9-13(4-6-25-16)20(22,23)24)2-1-12(15)3-5-27-18-17-19(30-11-29-18)28-8-7-26-17/h1-2,4,6-11H,3,5H2,(H,27,28,29,30). The maximum absolute atomic E-state index is 14.4. The highest BCUT2D eigenvalue weighted by atomic mass is 19.4. The summed E-state index contributed by atoms with van der Waals surface area (Å²) >= 11 is 0. The summed E-state index contributed by atoms with van der Waals surface area (Å²) in [6, 6.07) is 5.65.